The van der Waals surface area contributed by atoms with Crippen LogP contribution in [0.15, 0.2) is 35.4 Å². The van der Waals surface area contributed by atoms with Crippen LogP contribution in [0.5, 0.6) is 5.75 Å². The van der Waals surface area contributed by atoms with Crippen molar-refractivity contribution in [2.24, 2.45) is 39.9 Å². The third-order valence-corrected chi connectivity index (χ3v) is 12.8. The molecule has 1 saturated heterocycles. The number of fused-ring (bicyclic) bond motifs is 4. The van der Waals surface area contributed by atoms with Gasteiger partial charge in [-0.2, -0.15) is 0 Å². The molecule has 3 heteroatoms. The van der Waals surface area contributed by atoms with Crippen molar-refractivity contribution >= 4 is 0 Å². The van der Waals surface area contributed by atoms with Gasteiger partial charge in [0.2, 0.25) is 0 Å². The van der Waals surface area contributed by atoms with Gasteiger partial charge >= 0.3 is 0 Å². The molecule has 1 aromatic rings. The second-order valence-corrected chi connectivity index (χ2v) is 15.6. The smallest absolute Gasteiger partial charge is 0.118 e. The van der Waals surface area contributed by atoms with Gasteiger partial charge in [0.05, 0.1) is 32.0 Å². The third-order valence-electron chi connectivity index (χ3n) is 12.8. The first-order chi connectivity index (χ1) is 18.9. The lowest BCUT2D eigenvalue weighted by atomic mass is 9.44. The van der Waals surface area contributed by atoms with E-state index in [0.717, 1.165) is 30.6 Å². The molecule has 1 saturated carbocycles. The Morgan fingerprint density at radius 1 is 0.900 bits per heavy atom. The van der Waals surface area contributed by atoms with Crippen molar-refractivity contribution in [1.29, 1.82) is 0 Å². The van der Waals surface area contributed by atoms with Gasteiger partial charge in [0.15, 0.2) is 0 Å². The van der Waals surface area contributed by atoms with Crippen molar-refractivity contribution < 1.29 is 14.2 Å². The van der Waals surface area contributed by atoms with Crippen molar-refractivity contribution in [3.8, 4) is 5.75 Å². The van der Waals surface area contributed by atoms with Gasteiger partial charge in [-0.1, -0.05) is 85.4 Å². The molecule has 224 valence electrons. The Morgan fingerprint density at radius 3 is 2.30 bits per heavy atom. The lowest BCUT2D eigenvalue weighted by Crippen LogP contribution is -2.57. The van der Waals surface area contributed by atoms with Crippen LogP contribution in [-0.4, -0.2) is 25.4 Å². The fourth-order valence-electron chi connectivity index (χ4n) is 10.1. The van der Waals surface area contributed by atoms with Crippen LogP contribution in [0.25, 0.3) is 0 Å². The first-order valence-electron chi connectivity index (χ1n) is 16.5. The molecule has 0 bridgehead atoms. The van der Waals surface area contributed by atoms with Crippen LogP contribution in [0.3, 0.4) is 0 Å². The summed E-state index contributed by atoms with van der Waals surface area (Å²) in [5.74, 6) is 3.76. The Morgan fingerprint density at radius 2 is 1.62 bits per heavy atom. The molecule has 40 heavy (non-hydrogen) atoms. The molecule has 0 spiro atoms. The van der Waals surface area contributed by atoms with Crippen LogP contribution in [0.2, 0.25) is 0 Å². The number of benzene rings is 1. The minimum atomic E-state index is -0.0998. The molecule has 2 unspecified atom stereocenters. The van der Waals surface area contributed by atoms with Crippen LogP contribution in [0.4, 0.5) is 0 Å². The van der Waals surface area contributed by atoms with Gasteiger partial charge in [-0.05, 0) is 103 Å². The second kappa shape index (κ2) is 11.1. The molecule has 3 nitrogen and oxygen atoms in total. The molecule has 4 aliphatic rings. The van der Waals surface area contributed by atoms with Crippen LogP contribution in [-0.2, 0) is 16.1 Å². The number of methoxy groups -OCH3 is 1. The zero-order valence-corrected chi connectivity index (χ0v) is 27.2. The van der Waals surface area contributed by atoms with Gasteiger partial charge < -0.3 is 14.2 Å². The normalized spacial score (nSPS) is 37.6. The second-order valence-electron chi connectivity index (χ2n) is 15.6. The summed E-state index contributed by atoms with van der Waals surface area (Å²) >= 11 is 0. The van der Waals surface area contributed by atoms with E-state index in [1.807, 2.05) is 12.1 Å². The molecule has 7 atom stereocenters. The molecule has 0 radical (unpaired) electrons. The highest BCUT2D eigenvalue weighted by Gasteiger charge is 2.64. The largest absolute Gasteiger partial charge is 0.497 e. The maximum Gasteiger partial charge on any atom is 0.118 e. The van der Waals surface area contributed by atoms with Gasteiger partial charge in [-0.15, -0.1) is 0 Å². The highest BCUT2D eigenvalue weighted by molar-refractivity contribution is 5.40. The van der Waals surface area contributed by atoms with E-state index in [1.54, 1.807) is 18.3 Å². The molecule has 1 heterocycles. The van der Waals surface area contributed by atoms with Gasteiger partial charge in [-0.3, -0.25) is 0 Å². The average Bonchev–Trinajstić information content (AvgIpc) is 3.19. The van der Waals surface area contributed by atoms with Gasteiger partial charge in [0.1, 0.15) is 5.75 Å². The molecule has 2 fully saturated rings. The highest BCUT2D eigenvalue weighted by Crippen LogP contribution is 2.68. The van der Waals surface area contributed by atoms with Crippen LogP contribution >= 0.6 is 0 Å². The number of hydrogen-bond donors (Lipinski definition) is 0. The van der Waals surface area contributed by atoms with E-state index in [4.69, 9.17) is 14.2 Å². The fourth-order valence-corrected chi connectivity index (χ4v) is 10.1. The van der Waals surface area contributed by atoms with Crippen LogP contribution < -0.4 is 4.74 Å². The molecule has 5 rings (SSSR count). The molecule has 0 N–H and O–H groups in total. The lowest BCUT2D eigenvalue weighted by molar-refractivity contribution is -0.133. The topological polar surface area (TPSA) is 27.7 Å². The predicted molar refractivity (Wildman–Crippen MR) is 165 cm³/mol. The van der Waals surface area contributed by atoms with E-state index in [1.165, 1.54) is 56.9 Å². The van der Waals surface area contributed by atoms with Crippen molar-refractivity contribution in [2.75, 3.05) is 13.7 Å². The Hall–Kier alpha value is -1.32. The summed E-state index contributed by atoms with van der Waals surface area (Å²) < 4.78 is 19.0. The Balaban J connectivity index is 1.33. The Bertz CT molecular complexity index is 1070. The Labute approximate surface area is 245 Å². The standard InChI is InChI=1S/C37H58O3/c1-25(2)11-10-12-26(3)31-24-40-37(8)30-17-18-32-34(4,5)33(39-23-27-13-15-28(38-9)16-14-27)20-21-35(32,6)29(30)19-22-36(31,37)7/h13-16,25-26,31-33H,10-12,17-24H2,1-9H3/t26-,31-,32?,33?,35-,36-,37+/m1/s1. The van der Waals surface area contributed by atoms with Crippen molar-refractivity contribution in [3.05, 3.63) is 41.0 Å². The SMILES string of the molecule is COc1ccc(COC2CC[C@]3(C)C4=C(CCC3C2(C)C)[C@]2(C)OC[C@H]([C@H](C)CCCC(C)C)[C@@]2(C)CC4)cc1. The summed E-state index contributed by atoms with van der Waals surface area (Å²) in [5, 5.41) is 0. The lowest BCUT2D eigenvalue weighted by Gasteiger charge is -2.61. The van der Waals surface area contributed by atoms with Gasteiger partial charge in [-0.25, -0.2) is 0 Å². The number of rotatable bonds is 9. The summed E-state index contributed by atoms with van der Waals surface area (Å²) in [6.45, 7) is 21.5. The number of hydrogen-bond acceptors (Lipinski definition) is 3. The van der Waals surface area contributed by atoms with Crippen molar-refractivity contribution in [3.63, 3.8) is 0 Å². The zero-order chi connectivity index (χ0) is 28.9. The third kappa shape index (κ3) is 4.89. The van der Waals surface area contributed by atoms with E-state index in [0.29, 0.717) is 18.4 Å². The predicted octanol–water partition coefficient (Wildman–Crippen LogP) is 9.78. The van der Waals surface area contributed by atoms with E-state index < -0.39 is 0 Å². The summed E-state index contributed by atoms with van der Waals surface area (Å²) in [6, 6.07) is 8.35. The van der Waals surface area contributed by atoms with E-state index in [-0.39, 0.29) is 27.9 Å². The summed E-state index contributed by atoms with van der Waals surface area (Å²) in [7, 11) is 1.72. The van der Waals surface area contributed by atoms with Crippen LogP contribution in [0.1, 0.15) is 119 Å². The van der Waals surface area contributed by atoms with E-state index in [2.05, 4.69) is 67.5 Å². The van der Waals surface area contributed by atoms with Crippen molar-refractivity contribution in [1.82, 2.24) is 0 Å². The maximum absolute atomic E-state index is 6.99. The first kappa shape index (κ1) is 30.1. The summed E-state index contributed by atoms with van der Waals surface area (Å²) in [6.07, 6.45) is 11.7. The maximum atomic E-state index is 6.99. The van der Waals surface area contributed by atoms with E-state index >= 15 is 0 Å². The summed E-state index contributed by atoms with van der Waals surface area (Å²) in [4.78, 5) is 0. The minimum absolute atomic E-state index is 0.0998. The molecular formula is C37H58O3. The number of allylic oxidation sites excluding steroid dienone is 1. The van der Waals surface area contributed by atoms with E-state index in [9.17, 15) is 0 Å². The molecular weight excluding hydrogens is 492 g/mol. The van der Waals surface area contributed by atoms with Gasteiger partial charge in [0, 0.05) is 5.41 Å². The Kier molecular flexibility index (Phi) is 8.34. The molecule has 3 aliphatic carbocycles. The van der Waals surface area contributed by atoms with Crippen molar-refractivity contribution in [2.45, 2.75) is 131 Å². The monoisotopic (exact) mass is 550 g/mol. The molecule has 0 aromatic heterocycles. The molecule has 1 aliphatic heterocycles. The number of ether oxygens (including phenoxy) is 3. The fraction of sp³-hybridized carbons (Fsp3) is 0.784. The zero-order valence-electron chi connectivity index (χ0n) is 27.2. The summed E-state index contributed by atoms with van der Waals surface area (Å²) in [5.41, 5.74) is 5.25. The molecule has 1 aromatic carbocycles. The highest BCUT2D eigenvalue weighted by atomic mass is 16.5. The average molecular weight is 551 g/mol. The first-order valence-corrected chi connectivity index (χ1v) is 16.5. The van der Waals surface area contributed by atoms with Crippen LogP contribution in [0, 0.1) is 39.9 Å². The molecule has 0 amide bonds. The quantitative estimate of drug-likeness (QED) is 0.286. The minimum Gasteiger partial charge on any atom is -0.497 e. The van der Waals surface area contributed by atoms with Gasteiger partial charge in [0.25, 0.3) is 0 Å².